The maximum atomic E-state index is 12.0. The zero-order chi connectivity index (χ0) is 19.5. The van der Waals surface area contributed by atoms with Crippen molar-refractivity contribution in [1.82, 2.24) is 0 Å². The van der Waals surface area contributed by atoms with E-state index in [1.807, 2.05) is 0 Å². The number of carboxylic acids is 2. The van der Waals surface area contributed by atoms with E-state index in [9.17, 15) is 33.0 Å². The van der Waals surface area contributed by atoms with E-state index in [1.54, 1.807) is 0 Å². The van der Waals surface area contributed by atoms with Gasteiger partial charge in [-0.25, -0.2) is 0 Å². The number of Topliss-reactive ketones (excluding diaryl/α,β-unsaturated/α-hetero) is 1. The number of ketones is 1. The molecule has 0 aliphatic carbocycles. The number of aliphatic carboxylic acids is 2. The molecule has 0 spiro atoms. The van der Waals surface area contributed by atoms with Crippen molar-refractivity contribution in [3.05, 3.63) is 0 Å². The second kappa shape index (κ2) is 16.3. The molecule has 0 saturated carbocycles. The molecule has 0 aliphatic rings. The van der Waals surface area contributed by atoms with Gasteiger partial charge in [-0.1, -0.05) is 58.3 Å². The molecule has 27 heavy (non-hydrogen) atoms. The molecule has 146 valence electrons. The van der Waals surface area contributed by atoms with E-state index < -0.39 is 45.4 Å². The van der Waals surface area contributed by atoms with E-state index in [-0.39, 0.29) is 65.5 Å². The Hall–Kier alpha value is 0.520. The molecule has 1 atom stereocenters. The first-order chi connectivity index (χ1) is 11.6. The molecule has 11 heteroatoms. The van der Waals surface area contributed by atoms with Crippen molar-refractivity contribution in [3.8, 4) is 0 Å². The predicted molar refractivity (Wildman–Crippen MR) is 85.8 cm³/mol. The van der Waals surface area contributed by atoms with Crippen LogP contribution in [-0.4, -0.2) is 35.4 Å². The third-order valence-electron chi connectivity index (χ3n) is 4.12. The van der Waals surface area contributed by atoms with Crippen LogP contribution in [0.1, 0.15) is 77.6 Å². The molecule has 0 aromatic rings. The summed E-state index contributed by atoms with van der Waals surface area (Å²) in [5.74, 6) is -5.94. The molecule has 0 rings (SSSR count). The molecule has 1 N–H and O–H groups in total. The molecule has 0 heterocycles. The average Bonchev–Trinajstić information content (AvgIpc) is 2.48. The van der Waals surface area contributed by atoms with Crippen molar-refractivity contribution >= 4 is 27.8 Å². The summed E-state index contributed by atoms with van der Waals surface area (Å²) in [5, 5.41) is 21.8. The van der Waals surface area contributed by atoms with Crippen molar-refractivity contribution in [2.24, 2.45) is 0 Å². The summed E-state index contributed by atoms with van der Waals surface area (Å²) in [6.07, 6.45) is 6.04. The third kappa shape index (κ3) is 11.3. The smallest absolute Gasteiger partial charge is 0.550 e. The number of carboxylic acid groups (broad SMARTS) is 2. The van der Waals surface area contributed by atoms with Crippen molar-refractivity contribution in [3.63, 3.8) is 0 Å². The molecule has 8 nitrogen and oxygen atoms in total. The number of hydrogen-bond acceptors (Lipinski definition) is 7. The minimum atomic E-state index is -5.51. The first-order valence-electron chi connectivity index (χ1n) is 8.51. The van der Waals surface area contributed by atoms with E-state index in [2.05, 4.69) is 6.92 Å². The van der Waals surface area contributed by atoms with Gasteiger partial charge in [0, 0.05) is 18.8 Å². The van der Waals surface area contributed by atoms with Crippen LogP contribution in [0, 0.1) is 0 Å². The molecule has 0 aliphatic heterocycles. The quantitative estimate of drug-likeness (QED) is 0.118. The van der Waals surface area contributed by atoms with Gasteiger partial charge in [0.2, 0.25) is 0 Å². The summed E-state index contributed by atoms with van der Waals surface area (Å²) in [5.41, 5.74) is 0. The summed E-state index contributed by atoms with van der Waals surface area (Å²) in [7, 11) is -5.51. The first-order valence-corrected chi connectivity index (χ1v) is 9.95. The molecule has 0 bridgehead atoms. The van der Waals surface area contributed by atoms with Gasteiger partial charge in [-0.05, 0) is 6.42 Å². The number of carbonyl (C=O) groups is 3. The second-order valence-electron chi connectivity index (χ2n) is 6.14. The van der Waals surface area contributed by atoms with Gasteiger partial charge >= 0.3 is 59.1 Å². The standard InChI is InChI=1S/C16H28O8S.2Na/c1-2-3-4-5-6-7-8-9-10-11-13(17)16(15(20)21,12-14(18)19)25(22,23)24;;/h2-12H2,1H3,(H,18,19)(H,20,21)(H,22,23,24);;/q;2*+1/p-2. The first kappa shape index (κ1) is 32.2. The Morgan fingerprint density at radius 3 is 1.59 bits per heavy atom. The largest absolute Gasteiger partial charge is 1.00 e. The number of rotatable bonds is 15. The van der Waals surface area contributed by atoms with Crippen LogP contribution in [0.15, 0.2) is 0 Å². The Labute approximate surface area is 205 Å². The third-order valence-corrected chi connectivity index (χ3v) is 5.54. The molecule has 0 amide bonds. The molecular formula is C16H26Na2O8S. The SMILES string of the molecule is CCCCCCCCCCCC(=O)C(CC(=O)[O-])(C(=O)[O-])S(=O)(=O)O.[Na+].[Na+]. The molecule has 0 saturated heterocycles. The fourth-order valence-corrected chi connectivity index (χ4v) is 3.53. The predicted octanol–water partition coefficient (Wildman–Crippen LogP) is -6.00. The Kier molecular flexibility index (Phi) is 19.5. The van der Waals surface area contributed by atoms with Gasteiger partial charge in [0.1, 0.15) is 0 Å². The fourth-order valence-electron chi connectivity index (χ4n) is 2.63. The van der Waals surface area contributed by atoms with Gasteiger partial charge in [0.05, 0.1) is 5.97 Å². The summed E-state index contributed by atoms with van der Waals surface area (Å²) in [6.45, 7) is 2.12. The molecular weight excluding hydrogens is 398 g/mol. The zero-order valence-electron chi connectivity index (χ0n) is 16.5. The van der Waals surface area contributed by atoms with Crippen LogP contribution in [0.4, 0.5) is 0 Å². The molecule has 0 fully saturated rings. The number of carbonyl (C=O) groups excluding carboxylic acids is 3. The van der Waals surface area contributed by atoms with Crippen LogP contribution in [0.5, 0.6) is 0 Å². The van der Waals surface area contributed by atoms with Crippen LogP contribution in [0.25, 0.3) is 0 Å². The molecule has 0 aromatic heterocycles. The normalized spacial score (nSPS) is 13.0. The topological polar surface area (TPSA) is 152 Å². The molecule has 0 radical (unpaired) electrons. The monoisotopic (exact) mass is 424 g/mol. The van der Waals surface area contributed by atoms with Crippen LogP contribution in [0.3, 0.4) is 0 Å². The van der Waals surface area contributed by atoms with Crippen LogP contribution in [-0.2, 0) is 24.5 Å². The number of unbranched alkanes of at least 4 members (excludes halogenated alkanes) is 8. The molecule has 1 unspecified atom stereocenters. The maximum absolute atomic E-state index is 12.0. The van der Waals surface area contributed by atoms with Crippen molar-refractivity contribution in [2.45, 2.75) is 82.3 Å². The fraction of sp³-hybridized carbons (Fsp3) is 0.812. The van der Waals surface area contributed by atoms with Gasteiger partial charge in [-0.2, -0.15) is 8.42 Å². The minimum absolute atomic E-state index is 0. The Morgan fingerprint density at radius 2 is 1.26 bits per heavy atom. The Balaban J connectivity index is -0.00000288. The van der Waals surface area contributed by atoms with Crippen molar-refractivity contribution in [2.75, 3.05) is 0 Å². The zero-order valence-corrected chi connectivity index (χ0v) is 21.3. The maximum Gasteiger partial charge on any atom is 1.00 e. The van der Waals surface area contributed by atoms with Gasteiger partial charge in [-0.3, -0.25) is 9.35 Å². The van der Waals surface area contributed by atoms with E-state index in [1.165, 1.54) is 12.8 Å². The van der Waals surface area contributed by atoms with E-state index in [0.717, 1.165) is 32.1 Å². The summed E-state index contributed by atoms with van der Waals surface area (Å²) < 4.78 is 28.3. The van der Waals surface area contributed by atoms with Gasteiger partial charge in [0.15, 0.2) is 10.5 Å². The minimum Gasteiger partial charge on any atom is -0.550 e. The number of hydrogen-bond donors (Lipinski definition) is 1. The Bertz CT molecular complexity index is 565. The Morgan fingerprint density at radius 1 is 0.852 bits per heavy atom. The summed E-state index contributed by atoms with van der Waals surface area (Å²) in [4.78, 5) is 33.9. The van der Waals surface area contributed by atoms with Gasteiger partial charge in [-0.15, -0.1) is 0 Å². The van der Waals surface area contributed by atoms with Crippen molar-refractivity contribution in [1.29, 1.82) is 0 Å². The van der Waals surface area contributed by atoms with Gasteiger partial charge < -0.3 is 19.8 Å². The van der Waals surface area contributed by atoms with Crippen LogP contribution < -0.4 is 69.3 Å². The summed E-state index contributed by atoms with van der Waals surface area (Å²) in [6, 6.07) is 0. The second-order valence-corrected chi connectivity index (χ2v) is 7.79. The van der Waals surface area contributed by atoms with E-state index >= 15 is 0 Å². The van der Waals surface area contributed by atoms with Gasteiger partial charge in [0.25, 0.3) is 10.1 Å². The molecule has 0 aromatic carbocycles. The van der Waals surface area contributed by atoms with Crippen LogP contribution >= 0.6 is 0 Å². The van der Waals surface area contributed by atoms with Crippen molar-refractivity contribution < 1.29 is 96.7 Å². The van der Waals surface area contributed by atoms with E-state index in [0.29, 0.717) is 6.42 Å². The van der Waals surface area contributed by atoms with Crippen LogP contribution in [0.2, 0.25) is 0 Å². The van der Waals surface area contributed by atoms with E-state index in [4.69, 9.17) is 4.55 Å². The average molecular weight is 424 g/mol. The summed E-state index contributed by atoms with van der Waals surface area (Å²) >= 11 is 0.